The number of hydrogen-bond acceptors (Lipinski definition) is 0. The molecular weight excluding hydrogens is 216 g/mol. The molecule has 100 valence electrons. The van der Waals surface area contributed by atoms with Gasteiger partial charge in [0.25, 0.3) is 0 Å². The fraction of sp³-hybridized carbons (Fsp3) is 0.667. The Labute approximate surface area is 113 Å². The zero-order valence-electron chi connectivity index (χ0n) is 11.7. The van der Waals surface area contributed by atoms with E-state index in [1.54, 1.807) is 0 Å². The van der Waals surface area contributed by atoms with Crippen LogP contribution in [0.3, 0.4) is 0 Å². The van der Waals surface area contributed by atoms with E-state index in [0.717, 1.165) is 5.92 Å². The van der Waals surface area contributed by atoms with Crippen molar-refractivity contribution in [2.45, 2.75) is 70.6 Å². The predicted molar refractivity (Wildman–Crippen MR) is 79.8 cm³/mol. The Hall–Kier alpha value is -0.780. The van der Waals surface area contributed by atoms with Crippen LogP contribution in [0, 0.1) is 5.92 Å². The lowest BCUT2D eigenvalue weighted by atomic mass is 9.85. The highest BCUT2D eigenvalue weighted by atomic mass is 14.2. The van der Waals surface area contributed by atoms with Gasteiger partial charge < -0.3 is 0 Å². The van der Waals surface area contributed by atoms with Crippen LogP contribution in [0.15, 0.2) is 30.3 Å². The van der Waals surface area contributed by atoms with Gasteiger partial charge in [-0.05, 0) is 24.3 Å². The summed E-state index contributed by atoms with van der Waals surface area (Å²) in [4.78, 5) is 0. The summed E-state index contributed by atoms with van der Waals surface area (Å²) in [5.41, 5.74) is 1.50. The number of aryl methyl sites for hydroxylation is 1. The van der Waals surface area contributed by atoms with E-state index < -0.39 is 0 Å². The van der Waals surface area contributed by atoms with Gasteiger partial charge in [-0.3, -0.25) is 0 Å². The maximum Gasteiger partial charge on any atom is -0.0279 e. The lowest BCUT2D eigenvalue weighted by Gasteiger charge is -2.21. The molecule has 0 aromatic heterocycles. The molecule has 1 aliphatic carbocycles. The number of rotatable bonds is 7. The SMILES string of the molecule is c1ccc(CCCCCCC2CCCCC2)cc1. The summed E-state index contributed by atoms with van der Waals surface area (Å²) in [6.07, 6.45) is 16.0. The van der Waals surface area contributed by atoms with Gasteiger partial charge in [0.2, 0.25) is 0 Å². The summed E-state index contributed by atoms with van der Waals surface area (Å²) >= 11 is 0. The lowest BCUT2D eigenvalue weighted by Crippen LogP contribution is -2.05. The molecule has 1 aromatic rings. The van der Waals surface area contributed by atoms with E-state index in [1.165, 1.54) is 76.2 Å². The normalized spacial score (nSPS) is 16.9. The lowest BCUT2D eigenvalue weighted by molar-refractivity contribution is 0.328. The van der Waals surface area contributed by atoms with Crippen LogP contribution < -0.4 is 0 Å². The molecule has 0 atom stereocenters. The van der Waals surface area contributed by atoms with Crippen LogP contribution >= 0.6 is 0 Å². The second-order valence-electron chi connectivity index (χ2n) is 5.94. The third-order valence-electron chi connectivity index (χ3n) is 4.40. The van der Waals surface area contributed by atoms with Crippen molar-refractivity contribution in [2.24, 2.45) is 5.92 Å². The maximum atomic E-state index is 2.25. The Bertz CT molecular complexity index is 295. The quantitative estimate of drug-likeness (QED) is 0.535. The van der Waals surface area contributed by atoms with Gasteiger partial charge in [-0.1, -0.05) is 88.1 Å². The first-order valence-electron chi connectivity index (χ1n) is 7.99. The fourth-order valence-electron chi connectivity index (χ4n) is 3.24. The zero-order valence-corrected chi connectivity index (χ0v) is 11.7. The molecule has 0 nitrogen and oxygen atoms in total. The summed E-state index contributed by atoms with van der Waals surface area (Å²) in [5.74, 6) is 1.08. The summed E-state index contributed by atoms with van der Waals surface area (Å²) in [6, 6.07) is 10.9. The summed E-state index contributed by atoms with van der Waals surface area (Å²) < 4.78 is 0. The largest absolute Gasteiger partial charge is 0.0622 e. The van der Waals surface area contributed by atoms with Crippen molar-refractivity contribution >= 4 is 0 Å². The smallest absolute Gasteiger partial charge is 0.0279 e. The molecule has 0 bridgehead atoms. The third kappa shape index (κ3) is 5.25. The van der Waals surface area contributed by atoms with Gasteiger partial charge >= 0.3 is 0 Å². The predicted octanol–water partition coefficient (Wildman–Crippen LogP) is 5.76. The van der Waals surface area contributed by atoms with Crippen molar-refractivity contribution < 1.29 is 0 Å². The highest BCUT2D eigenvalue weighted by Crippen LogP contribution is 2.28. The Morgan fingerprint density at radius 3 is 2.28 bits per heavy atom. The van der Waals surface area contributed by atoms with E-state index in [9.17, 15) is 0 Å². The average Bonchev–Trinajstić information content (AvgIpc) is 2.45. The summed E-state index contributed by atoms with van der Waals surface area (Å²) in [7, 11) is 0. The van der Waals surface area contributed by atoms with Crippen molar-refractivity contribution in [3.05, 3.63) is 35.9 Å². The van der Waals surface area contributed by atoms with Crippen LogP contribution in [0.4, 0.5) is 0 Å². The van der Waals surface area contributed by atoms with Crippen molar-refractivity contribution in [3.8, 4) is 0 Å². The molecule has 0 heteroatoms. The molecule has 2 rings (SSSR count). The van der Waals surface area contributed by atoms with Gasteiger partial charge in [-0.15, -0.1) is 0 Å². The maximum absolute atomic E-state index is 2.25. The van der Waals surface area contributed by atoms with Crippen LogP contribution in [0.25, 0.3) is 0 Å². The van der Waals surface area contributed by atoms with Gasteiger partial charge in [-0.2, -0.15) is 0 Å². The van der Waals surface area contributed by atoms with Gasteiger partial charge in [0.05, 0.1) is 0 Å². The molecule has 0 saturated heterocycles. The second kappa shape index (κ2) is 8.34. The van der Waals surface area contributed by atoms with Gasteiger partial charge in [0.1, 0.15) is 0 Å². The van der Waals surface area contributed by atoms with Crippen LogP contribution in [0.5, 0.6) is 0 Å². The molecule has 1 fully saturated rings. The number of unbranched alkanes of at least 4 members (excludes halogenated alkanes) is 3. The molecule has 0 unspecified atom stereocenters. The first-order chi connectivity index (χ1) is 8.95. The first kappa shape index (κ1) is 13.6. The highest BCUT2D eigenvalue weighted by molar-refractivity contribution is 5.14. The number of benzene rings is 1. The average molecular weight is 244 g/mol. The van der Waals surface area contributed by atoms with Gasteiger partial charge in [0.15, 0.2) is 0 Å². The molecule has 0 spiro atoms. The fourth-order valence-corrected chi connectivity index (χ4v) is 3.24. The summed E-state index contributed by atoms with van der Waals surface area (Å²) in [6.45, 7) is 0. The van der Waals surface area contributed by atoms with E-state index in [4.69, 9.17) is 0 Å². The van der Waals surface area contributed by atoms with E-state index in [-0.39, 0.29) is 0 Å². The Balaban J connectivity index is 1.46. The van der Waals surface area contributed by atoms with Gasteiger partial charge in [-0.25, -0.2) is 0 Å². The van der Waals surface area contributed by atoms with Crippen LogP contribution in [0.2, 0.25) is 0 Å². The van der Waals surface area contributed by atoms with Crippen molar-refractivity contribution in [1.29, 1.82) is 0 Å². The van der Waals surface area contributed by atoms with Crippen LogP contribution in [-0.2, 0) is 6.42 Å². The summed E-state index contributed by atoms with van der Waals surface area (Å²) in [5, 5.41) is 0. The Kier molecular flexibility index (Phi) is 6.33. The van der Waals surface area contributed by atoms with E-state index in [0.29, 0.717) is 0 Å². The van der Waals surface area contributed by atoms with E-state index >= 15 is 0 Å². The molecule has 0 N–H and O–H groups in total. The van der Waals surface area contributed by atoms with Crippen LogP contribution in [-0.4, -0.2) is 0 Å². The minimum Gasteiger partial charge on any atom is -0.0622 e. The van der Waals surface area contributed by atoms with E-state index in [1.807, 2.05) is 0 Å². The highest BCUT2D eigenvalue weighted by Gasteiger charge is 2.12. The number of hydrogen-bond donors (Lipinski definition) is 0. The standard InChI is InChI=1S/C18H28/c1(5-11-17-13-7-3-8-14-17)2-6-12-18-15-9-4-10-16-18/h3,7-8,13-14,18H,1-2,4-6,9-12,15-16H2. The first-order valence-corrected chi connectivity index (χ1v) is 7.99. The minimum absolute atomic E-state index is 1.08. The minimum atomic E-state index is 1.08. The van der Waals surface area contributed by atoms with Crippen LogP contribution in [0.1, 0.15) is 69.8 Å². The molecular formula is C18H28. The molecule has 18 heavy (non-hydrogen) atoms. The van der Waals surface area contributed by atoms with Gasteiger partial charge in [0, 0.05) is 0 Å². The molecule has 0 radical (unpaired) electrons. The van der Waals surface area contributed by atoms with E-state index in [2.05, 4.69) is 30.3 Å². The zero-order chi connectivity index (χ0) is 12.5. The van der Waals surface area contributed by atoms with Crippen molar-refractivity contribution in [1.82, 2.24) is 0 Å². The molecule has 0 heterocycles. The Morgan fingerprint density at radius 1 is 0.778 bits per heavy atom. The topological polar surface area (TPSA) is 0 Å². The van der Waals surface area contributed by atoms with Crippen molar-refractivity contribution in [3.63, 3.8) is 0 Å². The molecule has 1 aliphatic rings. The Morgan fingerprint density at radius 2 is 1.50 bits per heavy atom. The molecule has 1 aromatic carbocycles. The second-order valence-corrected chi connectivity index (χ2v) is 5.94. The molecule has 1 saturated carbocycles. The monoisotopic (exact) mass is 244 g/mol. The molecule has 0 aliphatic heterocycles. The molecule has 0 amide bonds. The van der Waals surface area contributed by atoms with Crippen molar-refractivity contribution in [2.75, 3.05) is 0 Å². The third-order valence-corrected chi connectivity index (χ3v) is 4.40.